The van der Waals surface area contributed by atoms with Gasteiger partial charge in [-0.25, -0.2) is 0 Å². The van der Waals surface area contributed by atoms with E-state index in [0.717, 1.165) is 11.3 Å². The van der Waals surface area contributed by atoms with Crippen LogP contribution in [0.3, 0.4) is 0 Å². The molecule has 5 heteroatoms. The Morgan fingerprint density at radius 2 is 1.73 bits per heavy atom. The van der Waals surface area contributed by atoms with Crippen molar-refractivity contribution < 1.29 is 19.1 Å². The van der Waals surface area contributed by atoms with Crippen LogP contribution in [0.1, 0.15) is 30.9 Å². The molecule has 2 rings (SSSR count). The van der Waals surface area contributed by atoms with Crippen LogP contribution in [0.25, 0.3) is 0 Å². The lowest BCUT2D eigenvalue weighted by Gasteiger charge is -2.14. The van der Waals surface area contributed by atoms with Gasteiger partial charge in [-0.1, -0.05) is 35.9 Å². The average molecular weight is 355 g/mol. The molecule has 1 unspecified atom stereocenters. The number of para-hydroxylation sites is 1. The van der Waals surface area contributed by atoms with Gasteiger partial charge < -0.3 is 14.8 Å². The van der Waals surface area contributed by atoms with Crippen molar-refractivity contribution in [1.82, 2.24) is 0 Å². The van der Waals surface area contributed by atoms with Crippen LogP contribution in [0, 0.1) is 13.8 Å². The van der Waals surface area contributed by atoms with Gasteiger partial charge in [-0.15, -0.1) is 0 Å². The van der Waals surface area contributed by atoms with E-state index in [1.165, 1.54) is 5.56 Å². The third kappa shape index (κ3) is 6.24. The first-order chi connectivity index (χ1) is 12.5. The van der Waals surface area contributed by atoms with E-state index in [4.69, 9.17) is 9.47 Å². The van der Waals surface area contributed by atoms with Crippen molar-refractivity contribution in [3.05, 3.63) is 59.7 Å². The zero-order chi connectivity index (χ0) is 18.9. The van der Waals surface area contributed by atoms with Crippen molar-refractivity contribution >= 4 is 17.6 Å². The number of rotatable bonds is 8. The van der Waals surface area contributed by atoms with Gasteiger partial charge in [-0.3, -0.25) is 9.59 Å². The number of hydrogen-bond donors (Lipinski definition) is 1. The lowest BCUT2D eigenvalue weighted by atomic mass is 10.2. The van der Waals surface area contributed by atoms with E-state index in [1.807, 2.05) is 62.4 Å². The Labute approximate surface area is 154 Å². The first-order valence-electron chi connectivity index (χ1n) is 8.71. The Balaban J connectivity index is 1.68. The minimum Gasteiger partial charge on any atom is -0.494 e. The SMILES string of the molecule is Cc1ccc(OCCCC(=O)OC(C)C(=O)Nc2ccccc2C)cc1. The number of benzene rings is 2. The number of carbonyl (C=O) groups is 2. The van der Waals surface area contributed by atoms with E-state index < -0.39 is 12.1 Å². The Bertz CT molecular complexity index is 740. The summed E-state index contributed by atoms with van der Waals surface area (Å²) in [7, 11) is 0. The van der Waals surface area contributed by atoms with Gasteiger partial charge in [0.25, 0.3) is 5.91 Å². The summed E-state index contributed by atoms with van der Waals surface area (Å²) in [5.41, 5.74) is 2.83. The second-order valence-electron chi connectivity index (χ2n) is 6.20. The molecule has 0 aromatic heterocycles. The van der Waals surface area contributed by atoms with Crippen molar-refractivity contribution in [2.75, 3.05) is 11.9 Å². The topological polar surface area (TPSA) is 64.6 Å². The molecule has 0 saturated carbocycles. The van der Waals surface area contributed by atoms with E-state index in [-0.39, 0.29) is 12.3 Å². The molecule has 0 saturated heterocycles. The van der Waals surface area contributed by atoms with Gasteiger partial charge in [0.15, 0.2) is 6.10 Å². The lowest BCUT2D eigenvalue weighted by Crippen LogP contribution is -2.30. The molecular formula is C21H25NO4. The predicted octanol–water partition coefficient (Wildman–Crippen LogP) is 4.03. The van der Waals surface area contributed by atoms with Gasteiger partial charge in [-0.05, 0) is 51.0 Å². The van der Waals surface area contributed by atoms with E-state index in [2.05, 4.69) is 5.32 Å². The summed E-state index contributed by atoms with van der Waals surface area (Å²) in [6, 6.07) is 15.2. The summed E-state index contributed by atoms with van der Waals surface area (Å²) in [6.45, 7) is 5.90. The monoisotopic (exact) mass is 355 g/mol. The maximum atomic E-state index is 12.1. The highest BCUT2D eigenvalue weighted by atomic mass is 16.5. The summed E-state index contributed by atoms with van der Waals surface area (Å²) < 4.78 is 10.8. The van der Waals surface area contributed by atoms with Gasteiger partial charge in [0.2, 0.25) is 0 Å². The minimum absolute atomic E-state index is 0.202. The molecule has 1 N–H and O–H groups in total. The number of aryl methyl sites for hydroxylation is 2. The molecule has 1 amide bonds. The minimum atomic E-state index is -0.847. The molecule has 2 aromatic rings. The van der Waals surface area contributed by atoms with E-state index in [9.17, 15) is 9.59 Å². The second kappa shape index (κ2) is 9.61. The largest absolute Gasteiger partial charge is 0.494 e. The molecular weight excluding hydrogens is 330 g/mol. The van der Waals surface area contributed by atoms with Crippen LogP contribution >= 0.6 is 0 Å². The number of anilines is 1. The first kappa shape index (κ1) is 19.5. The molecule has 26 heavy (non-hydrogen) atoms. The average Bonchev–Trinajstić information content (AvgIpc) is 2.62. The number of esters is 1. The van der Waals surface area contributed by atoms with Gasteiger partial charge in [0.05, 0.1) is 6.61 Å². The molecule has 138 valence electrons. The number of hydrogen-bond acceptors (Lipinski definition) is 4. The molecule has 0 fully saturated rings. The van der Waals surface area contributed by atoms with Gasteiger partial charge in [0, 0.05) is 12.1 Å². The third-order valence-electron chi connectivity index (χ3n) is 3.90. The molecule has 1 atom stereocenters. The zero-order valence-corrected chi connectivity index (χ0v) is 15.5. The summed E-state index contributed by atoms with van der Waals surface area (Å²) in [5.74, 6) is 0.0171. The second-order valence-corrected chi connectivity index (χ2v) is 6.20. The Hall–Kier alpha value is -2.82. The Morgan fingerprint density at radius 1 is 1.04 bits per heavy atom. The highest BCUT2D eigenvalue weighted by molar-refractivity contribution is 5.95. The smallest absolute Gasteiger partial charge is 0.306 e. The van der Waals surface area contributed by atoms with Crippen LogP contribution in [0.15, 0.2) is 48.5 Å². The fourth-order valence-electron chi connectivity index (χ4n) is 2.30. The van der Waals surface area contributed by atoms with Gasteiger partial charge >= 0.3 is 5.97 Å². The lowest BCUT2D eigenvalue weighted by molar-refractivity contribution is -0.153. The fourth-order valence-corrected chi connectivity index (χ4v) is 2.30. The zero-order valence-electron chi connectivity index (χ0n) is 15.5. The van der Waals surface area contributed by atoms with E-state index in [1.54, 1.807) is 6.92 Å². The number of amides is 1. The predicted molar refractivity (Wildman–Crippen MR) is 101 cm³/mol. The van der Waals surface area contributed by atoms with Crippen molar-refractivity contribution in [3.63, 3.8) is 0 Å². The van der Waals surface area contributed by atoms with Crippen LogP contribution in [0.2, 0.25) is 0 Å². The molecule has 0 heterocycles. The maximum absolute atomic E-state index is 12.1. The standard InChI is InChI=1S/C21H25NO4/c1-15-10-12-18(13-11-15)25-14-6-9-20(23)26-17(3)21(24)22-19-8-5-4-7-16(19)2/h4-5,7-8,10-13,17H,6,9,14H2,1-3H3,(H,22,24). The van der Waals surface area contributed by atoms with Gasteiger partial charge in [0.1, 0.15) is 5.75 Å². The first-order valence-corrected chi connectivity index (χ1v) is 8.71. The molecule has 0 bridgehead atoms. The quantitative estimate of drug-likeness (QED) is 0.573. The van der Waals surface area contributed by atoms with E-state index in [0.29, 0.717) is 18.7 Å². The van der Waals surface area contributed by atoms with Crippen LogP contribution in [0.5, 0.6) is 5.75 Å². The highest BCUT2D eigenvalue weighted by Crippen LogP contribution is 2.14. The highest BCUT2D eigenvalue weighted by Gasteiger charge is 2.18. The number of carbonyl (C=O) groups excluding carboxylic acids is 2. The van der Waals surface area contributed by atoms with Crippen LogP contribution in [-0.4, -0.2) is 24.6 Å². The molecule has 0 radical (unpaired) electrons. The van der Waals surface area contributed by atoms with Crippen molar-refractivity contribution in [2.24, 2.45) is 0 Å². The summed E-state index contributed by atoms with van der Waals surface area (Å²) in [5, 5.41) is 2.77. The fraction of sp³-hybridized carbons (Fsp3) is 0.333. The summed E-state index contributed by atoms with van der Waals surface area (Å²) in [6.07, 6.45) is -0.118. The van der Waals surface area contributed by atoms with Gasteiger partial charge in [-0.2, -0.15) is 0 Å². The van der Waals surface area contributed by atoms with Crippen molar-refractivity contribution in [2.45, 2.75) is 39.7 Å². The van der Waals surface area contributed by atoms with Crippen molar-refractivity contribution in [1.29, 1.82) is 0 Å². The van der Waals surface area contributed by atoms with Crippen LogP contribution < -0.4 is 10.1 Å². The Morgan fingerprint density at radius 3 is 2.42 bits per heavy atom. The third-order valence-corrected chi connectivity index (χ3v) is 3.90. The van der Waals surface area contributed by atoms with E-state index >= 15 is 0 Å². The maximum Gasteiger partial charge on any atom is 0.306 e. The summed E-state index contributed by atoms with van der Waals surface area (Å²) in [4.78, 5) is 24.0. The Kier molecular flexibility index (Phi) is 7.21. The molecule has 0 aliphatic heterocycles. The van der Waals surface area contributed by atoms with Crippen LogP contribution in [-0.2, 0) is 14.3 Å². The van der Waals surface area contributed by atoms with Crippen molar-refractivity contribution in [3.8, 4) is 5.75 Å². The van der Waals surface area contributed by atoms with Crippen LogP contribution in [0.4, 0.5) is 5.69 Å². The molecule has 0 spiro atoms. The number of nitrogens with one attached hydrogen (secondary N) is 1. The summed E-state index contributed by atoms with van der Waals surface area (Å²) >= 11 is 0. The molecule has 0 aliphatic rings. The normalized spacial score (nSPS) is 11.5. The number of ether oxygens (including phenoxy) is 2. The molecule has 0 aliphatic carbocycles. The molecule has 5 nitrogen and oxygen atoms in total. The molecule has 2 aromatic carbocycles.